The Bertz CT molecular complexity index is 1010. The van der Waals surface area contributed by atoms with Crippen LogP contribution >= 0.6 is 0 Å². The summed E-state index contributed by atoms with van der Waals surface area (Å²) in [5, 5.41) is 0. The second-order valence-electron chi connectivity index (χ2n) is 7.67. The first kappa shape index (κ1) is 17.6. The predicted molar refractivity (Wildman–Crippen MR) is 108 cm³/mol. The maximum atomic E-state index is 14.0. The van der Waals surface area contributed by atoms with Gasteiger partial charge in [-0.1, -0.05) is 18.2 Å². The summed E-state index contributed by atoms with van der Waals surface area (Å²) >= 11 is 0. The number of anilines is 1. The first-order chi connectivity index (χ1) is 13.7. The van der Waals surface area contributed by atoms with E-state index in [4.69, 9.17) is 4.74 Å². The van der Waals surface area contributed by atoms with E-state index in [-0.39, 0.29) is 5.82 Å². The maximum Gasteiger partial charge on any atom is 0.151 e. The van der Waals surface area contributed by atoms with Gasteiger partial charge in [0.05, 0.1) is 18.7 Å². The van der Waals surface area contributed by atoms with Crippen LogP contribution < -0.4 is 4.90 Å². The number of benzene rings is 2. The van der Waals surface area contributed by atoms with E-state index in [9.17, 15) is 4.39 Å². The van der Waals surface area contributed by atoms with Gasteiger partial charge in [-0.15, -0.1) is 0 Å². The number of halogens is 1. The molecule has 2 aromatic carbocycles. The molecular weight excluding hydrogens is 355 g/mol. The SMILES string of the molecule is Cn1c(CCN2Cc3cccc(N4CCOCC4)c3C2)nc2c(F)cccc21. The van der Waals surface area contributed by atoms with E-state index in [1.54, 1.807) is 6.07 Å². The van der Waals surface area contributed by atoms with Crippen LogP contribution in [0.15, 0.2) is 36.4 Å². The molecule has 2 aliphatic rings. The zero-order chi connectivity index (χ0) is 19.1. The molecule has 1 saturated heterocycles. The molecule has 0 unspecified atom stereocenters. The lowest BCUT2D eigenvalue weighted by Gasteiger charge is -2.30. The van der Waals surface area contributed by atoms with Gasteiger partial charge in [0.2, 0.25) is 0 Å². The summed E-state index contributed by atoms with van der Waals surface area (Å²) in [5.41, 5.74) is 5.54. The van der Waals surface area contributed by atoms with Crippen LogP contribution in [0.5, 0.6) is 0 Å². The van der Waals surface area contributed by atoms with E-state index in [2.05, 4.69) is 33.0 Å². The molecule has 5 nitrogen and oxygen atoms in total. The van der Waals surface area contributed by atoms with Gasteiger partial charge in [0.1, 0.15) is 11.3 Å². The molecule has 3 aromatic rings. The minimum atomic E-state index is -0.247. The molecule has 0 spiro atoms. The van der Waals surface area contributed by atoms with Crippen molar-refractivity contribution in [2.24, 2.45) is 7.05 Å². The van der Waals surface area contributed by atoms with Crippen molar-refractivity contribution in [1.29, 1.82) is 0 Å². The summed E-state index contributed by atoms with van der Waals surface area (Å²) in [4.78, 5) is 9.46. The number of fused-ring (bicyclic) bond motifs is 2. The Balaban J connectivity index is 1.31. The van der Waals surface area contributed by atoms with Gasteiger partial charge in [-0.25, -0.2) is 9.37 Å². The van der Waals surface area contributed by atoms with Crippen LogP contribution in [0, 0.1) is 5.82 Å². The number of imidazole rings is 1. The molecule has 0 N–H and O–H groups in total. The molecule has 6 heteroatoms. The summed E-state index contributed by atoms with van der Waals surface area (Å²) in [6.45, 7) is 6.36. The molecule has 146 valence electrons. The van der Waals surface area contributed by atoms with Crippen LogP contribution in [-0.2, 0) is 31.3 Å². The van der Waals surface area contributed by atoms with Crippen LogP contribution in [0.2, 0.25) is 0 Å². The van der Waals surface area contributed by atoms with Crippen LogP contribution in [-0.4, -0.2) is 47.3 Å². The summed E-state index contributed by atoms with van der Waals surface area (Å²) in [5.74, 6) is 0.688. The minimum Gasteiger partial charge on any atom is -0.378 e. The topological polar surface area (TPSA) is 33.5 Å². The molecule has 1 aromatic heterocycles. The molecule has 5 rings (SSSR count). The Morgan fingerprint density at radius 3 is 2.71 bits per heavy atom. The van der Waals surface area contributed by atoms with Crippen molar-refractivity contribution < 1.29 is 9.13 Å². The Kier molecular flexibility index (Phi) is 4.53. The summed E-state index contributed by atoms with van der Waals surface area (Å²) in [6, 6.07) is 11.8. The van der Waals surface area contributed by atoms with E-state index in [1.807, 2.05) is 17.7 Å². The zero-order valence-corrected chi connectivity index (χ0v) is 16.2. The third-order valence-corrected chi connectivity index (χ3v) is 5.98. The molecule has 1 fully saturated rings. The number of hydrogen-bond donors (Lipinski definition) is 0. The van der Waals surface area contributed by atoms with Gasteiger partial charge >= 0.3 is 0 Å². The van der Waals surface area contributed by atoms with E-state index in [0.717, 1.165) is 63.7 Å². The van der Waals surface area contributed by atoms with Crippen LogP contribution in [0.3, 0.4) is 0 Å². The van der Waals surface area contributed by atoms with Crippen LogP contribution in [0.4, 0.5) is 10.1 Å². The quantitative estimate of drug-likeness (QED) is 0.697. The minimum absolute atomic E-state index is 0.247. The average Bonchev–Trinajstić information content (AvgIpc) is 3.29. The number of para-hydroxylation sites is 1. The fourth-order valence-corrected chi connectivity index (χ4v) is 4.44. The smallest absolute Gasteiger partial charge is 0.151 e. The van der Waals surface area contributed by atoms with Crippen molar-refractivity contribution in [2.75, 3.05) is 37.7 Å². The first-order valence-corrected chi connectivity index (χ1v) is 9.96. The van der Waals surface area contributed by atoms with Crippen molar-refractivity contribution in [3.05, 3.63) is 59.2 Å². The molecule has 0 amide bonds. The number of morpholine rings is 1. The van der Waals surface area contributed by atoms with E-state index in [0.29, 0.717) is 5.52 Å². The predicted octanol–water partition coefficient (Wildman–Crippen LogP) is 3.11. The largest absolute Gasteiger partial charge is 0.378 e. The standard InChI is InChI=1S/C22H25FN4O/c1-25-20-7-3-5-18(23)22(20)24-21(25)8-9-26-14-16-4-2-6-19(17(16)15-26)27-10-12-28-13-11-27/h2-7H,8-15H2,1H3. The summed E-state index contributed by atoms with van der Waals surface area (Å²) in [7, 11) is 1.97. The average molecular weight is 380 g/mol. The first-order valence-electron chi connectivity index (χ1n) is 9.96. The molecule has 0 aliphatic carbocycles. The van der Waals surface area contributed by atoms with Crippen molar-refractivity contribution in [2.45, 2.75) is 19.5 Å². The van der Waals surface area contributed by atoms with Gasteiger partial charge < -0.3 is 14.2 Å². The number of rotatable bonds is 4. The van der Waals surface area contributed by atoms with E-state index < -0.39 is 0 Å². The Morgan fingerprint density at radius 1 is 1.07 bits per heavy atom. The molecule has 0 radical (unpaired) electrons. The lowest BCUT2D eigenvalue weighted by molar-refractivity contribution is 0.122. The normalized spacial score (nSPS) is 17.4. The highest BCUT2D eigenvalue weighted by molar-refractivity contribution is 5.76. The van der Waals surface area contributed by atoms with Crippen LogP contribution in [0.1, 0.15) is 17.0 Å². The number of aryl methyl sites for hydroxylation is 1. The fraction of sp³-hybridized carbons (Fsp3) is 0.409. The second-order valence-corrected chi connectivity index (χ2v) is 7.67. The van der Waals surface area contributed by atoms with Crippen molar-refractivity contribution >= 4 is 16.7 Å². The van der Waals surface area contributed by atoms with Crippen molar-refractivity contribution in [3.8, 4) is 0 Å². The molecule has 0 saturated carbocycles. The molecule has 3 heterocycles. The Morgan fingerprint density at radius 2 is 1.89 bits per heavy atom. The molecule has 0 bridgehead atoms. The van der Waals surface area contributed by atoms with Gasteiger partial charge in [-0.2, -0.15) is 0 Å². The fourth-order valence-electron chi connectivity index (χ4n) is 4.44. The Hall–Kier alpha value is -2.44. The third kappa shape index (κ3) is 3.06. The van der Waals surface area contributed by atoms with E-state index in [1.165, 1.54) is 22.9 Å². The van der Waals surface area contributed by atoms with Gasteiger partial charge in [0, 0.05) is 51.9 Å². The highest BCUT2D eigenvalue weighted by Crippen LogP contribution is 2.32. The molecule has 0 atom stereocenters. The molecule has 28 heavy (non-hydrogen) atoms. The lowest BCUT2D eigenvalue weighted by atomic mass is 10.1. The number of hydrogen-bond acceptors (Lipinski definition) is 4. The van der Waals surface area contributed by atoms with E-state index >= 15 is 0 Å². The van der Waals surface area contributed by atoms with Crippen LogP contribution in [0.25, 0.3) is 11.0 Å². The van der Waals surface area contributed by atoms with Gasteiger partial charge in [0.25, 0.3) is 0 Å². The highest BCUT2D eigenvalue weighted by atomic mass is 19.1. The zero-order valence-electron chi connectivity index (χ0n) is 16.2. The third-order valence-electron chi connectivity index (χ3n) is 5.98. The van der Waals surface area contributed by atoms with Crippen molar-refractivity contribution in [3.63, 3.8) is 0 Å². The number of nitrogens with zero attached hydrogens (tertiary/aromatic N) is 4. The highest BCUT2D eigenvalue weighted by Gasteiger charge is 2.25. The lowest BCUT2D eigenvalue weighted by Crippen LogP contribution is -2.36. The van der Waals surface area contributed by atoms with Crippen molar-refractivity contribution in [1.82, 2.24) is 14.5 Å². The second kappa shape index (κ2) is 7.18. The monoisotopic (exact) mass is 380 g/mol. The molecular formula is C22H25FN4O. The summed E-state index contributed by atoms with van der Waals surface area (Å²) in [6.07, 6.45) is 0.811. The van der Waals surface area contributed by atoms with Gasteiger partial charge in [-0.05, 0) is 29.3 Å². The van der Waals surface area contributed by atoms with Gasteiger partial charge in [0.15, 0.2) is 5.82 Å². The Labute approximate surface area is 164 Å². The number of ether oxygens (including phenoxy) is 1. The summed E-state index contributed by atoms with van der Waals surface area (Å²) < 4.78 is 21.5. The maximum absolute atomic E-state index is 14.0. The molecule has 2 aliphatic heterocycles. The van der Waals surface area contributed by atoms with Gasteiger partial charge in [-0.3, -0.25) is 4.90 Å². The number of aromatic nitrogens is 2.